The summed E-state index contributed by atoms with van der Waals surface area (Å²) in [7, 11) is 1.61. The van der Waals surface area contributed by atoms with Crippen LogP contribution >= 0.6 is 0 Å². The van der Waals surface area contributed by atoms with E-state index in [0.29, 0.717) is 13.2 Å². The Labute approximate surface area is 231 Å². The van der Waals surface area contributed by atoms with Crippen molar-refractivity contribution in [3.8, 4) is 0 Å². The highest BCUT2D eigenvalue weighted by molar-refractivity contribution is 5.94. The minimum Gasteiger partial charge on any atom is -0.392 e. The summed E-state index contributed by atoms with van der Waals surface area (Å²) in [6.45, 7) is 10.6. The van der Waals surface area contributed by atoms with Crippen molar-refractivity contribution in [2.24, 2.45) is 23.7 Å². The number of benzene rings is 2. The quantitative estimate of drug-likeness (QED) is 0.475. The average molecular weight is 539 g/mol. The molecule has 3 heterocycles. The highest BCUT2D eigenvalue weighted by Crippen LogP contribution is 2.52. The summed E-state index contributed by atoms with van der Waals surface area (Å²) < 4.78 is 31.1. The first-order valence-corrected chi connectivity index (χ1v) is 14.0. The molecule has 2 bridgehead atoms. The van der Waals surface area contributed by atoms with Gasteiger partial charge in [0, 0.05) is 24.9 Å². The number of ether oxygens (including phenoxy) is 5. The molecule has 2 aromatic rings. The zero-order chi connectivity index (χ0) is 27.9. The van der Waals surface area contributed by atoms with Crippen LogP contribution in [0, 0.1) is 23.7 Å². The molecule has 0 radical (unpaired) electrons. The van der Waals surface area contributed by atoms with Gasteiger partial charge >= 0.3 is 0 Å². The molecule has 0 saturated carbocycles. The Morgan fingerprint density at radius 1 is 0.872 bits per heavy atom. The Balaban J connectivity index is 1.27. The first-order chi connectivity index (χ1) is 18.6. The molecule has 212 valence electrons. The summed E-state index contributed by atoms with van der Waals surface area (Å²) >= 11 is 0. The summed E-state index contributed by atoms with van der Waals surface area (Å²) in [5, 5.41) is 11.6. The van der Waals surface area contributed by atoms with Gasteiger partial charge in [-0.3, -0.25) is 4.79 Å². The molecule has 0 aromatic heterocycles. The van der Waals surface area contributed by atoms with Gasteiger partial charge in [0.25, 0.3) is 0 Å². The predicted octanol–water partition coefficient (Wildman–Crippen LogP) is 4.54. The molecule has 39 heavy (non-hydrogen) atoms. The average Bonchev–Trinajstić information content (AvgIpc) is 3.47. The van der Waals surface area contributed by atoms with Gasteiger partial charge in [-0.2, -0.15) is 0 Å². The van der Waals surface area contributed by atoms with Gasteiger partial charge in [0.05, 0.1) is 43.5 Å². The molecule has 3 aliphatic rings. The fraction of sp³-hybridized carbons (Fsp3) is 0.594. The molecule has 0 unspecified atom stereocenters. The van der Waals surface area contributed by atoms with Crippen molar-refractivity contribution in [2.45, 2.75) is 89.7 Å². The van der Waals surface area contributed by atoms with Gasteiger partial charge in [-0.25, -0.2) is 0 Å². The third-order valence-corrected chi connectivity index (χ3v) is 9.32. The lowest BCUT2D eigenvalue weighted by atomic mass is 9.68. The highest BCUT2D eigenvalue weighted by atomic mass is 16.7. The van der Waals surface area contributed by atoms with Crippen molar-refractivity contribution in [2.75, 3.05) is 7.11 Å². The van der Waals surface area contributed by atoms with E-state index in [4.69, 9.17) is 23.7 Å². The second kappa shape index (κ2) is 11.0. The van der Waals surface area contributed by atoms with E-state index in [9.17, 15) is 9.90 Å². The number of hydrogen-bond donors (Lipinski definition) is 1. The maximum Gasteiger partial charge on any atom is 0.192 e. The molecule has 3 fully saturated rings. The number of hydrogen-bond acceptors (Lipinski definition) is 7. The molecule has 0 spiro atoms. The van der Waals surface area contributed by atoms with Gasteiger partial charge in [0.1, 0.15) is 6.10 Å². The van der Waals surface area contributed by atoms with Crippen LogP contribution in [0.2, 0.25) is 0 Å². The molecular formula is C32H42O7. The maximum absolute atomic E-state index is 13.8. The van der Waals surface area contributed by atoms with E-state index in [1.807, 2.05) is 88.4 Å². The van der Waals surface area contributed by atoms with E-state index in [1.54, 1.807) is 7.11 Å². The number of carbonyl (C=O) groups is 1. The molecule has 3 aliphatic heterocycles. The first kappa shape index (κ1) is 28.4. The lowest BCUT2D eigenvalue weighted by molar-refractivity contribution is -0.250. The summed E-state index contributed by atoms with van der Waals surface area (Å²) in [5.41, 5.74) is 1.02. The fourth-order valence-corrected chi connectivity index (χ4v) is 7.06. The van der Waals surface area contributed by atoms with E-state index in [-0.39, 0.29) is 41.8 Å². The first-order valence-electron chi connectivity index (χ1n) is 14.0. The van der Waals surface area contributed by atoms with Gasteiger partial charge in [0.15, 0.2) is 17.2 Å². The fourth-order valence-electron chi connectivity index (χ4n) is 7.06. The number of aliphatic hydroxyl groups is 1. The van der Waals surface area contributed by atoms with E-state index < -0.39 is 29.5 Å². The molecule has 1 N–H and O–H groups in total. The summed E-state index contributed by atoms with van der Waals surface area (Å²) in [6, 6.07) is 19.9. The van der Waals surface area contributed by atoms with Crippen molar-refractivity contribution >= 4 is 5.78 Å². The summed E-state index contributed by atoms with van der Waals surface area (Å²) in [5.74, 6) is -2.19. The van der Waals surface area contributed by atoms with E-state index in [0.717, 1.165) is 11.1 Å². The van der Waals surface area contributed by atoms with Gasteiger partial charge in [-0.1, -0.05) is 81.4 Å². The van der Waals surface area contributed by atoms with Crippen LogP contribution in [0.15, 0.2) is 60.7 Å². The molecule has 2 aromatic carbocycles. The normalized spacial score (nSPS) is 39.3. The van der Waals surface area contributed by atoms with Gasteiger partial charge in [-0.15, -0.1) is 0 Å². The SMILES string of the molecule is CO[C@]1(C)O[C@@H]([C@@H](C)[C@H](O)[C@H]2C(=O)[C@@]3(C)O[C@@H]2[C@H](C)[C@@H]3OCc2ccccc2)[C@H](C)[C@@H]1OCc1ccccc1. The molecule has 11 atom stereocenters. The van der Waals surface area contributed by atoms with Crippen molar-refractivity contribution < 1.29 is 33.6 Å². The number of fused-ring (bicyclic) bond motifs is 2. The maximum atomic E-state index is 13.8. The Hall–Kier alpha value is -2.13. The minimum absolute atomic E-state index is 0.0450. The molecular weight excluding hydrogens is 496 g/mol. The monoisotopic (exact) mass is 538 g/mol. The lowest BCUT2D eigenvalue weighted by Gasteiger charge is -2.38. The third-order valence-electron chi connectivity index (χ3n) is 9.32. The summed E-state index contributed by atoms with van der Waals surface area (Å²) in [6.07, 6.45) is -2.45. The number of rotatable bonds is 10. The zero-order valence-electron chi connectivity index (χ0n) is 23.8. The van der Waals surface area contributed by atoms with Crippen LogP contribution in [0.1, 0.15) is 45.7 Å². The third kappa shape index (κ3) is 4.98. The zero-order valence-corrected chi connectivity index (χ0v) is 23.8. The Kier molecular flexibility index (Phi) is 8.04. The number of ketones is 1. The molecule has 5 rings (SSSR count). The van der Waals surface area contributed by atoms with Crippen molar-refractivity contribution in [1.82, 2.24) is 0 Å². The van der Waals surface area contributed by atoms with Gasteiger partial charge in [-0.05, 0) is 25.0 Å². The number of methoxy groups -OCH3 is 1. The highest BCUT2D eigenvalue weighted by Gasteiger charge is 2.68. The standard InChI is InChI=1S/C32H42O7/c1-19(26-20(2)30(32(5,35-6)39-26)37-18-23-15-11-8-12-16-23)25(33)24-27-21(3)29(31(4,38-27)28(24)34)36-17-22-13-9-7-10-14-22/h7-16,19-21,24-27,29-30,33H,17-18H2,1-6H3/t19-,20-,21-,24+,25-,26-,27+,29-,30-,31+,32+/m0/s1. The van der Waals surface area contributed by atoms with Crippen LogP contribution in [0.25, 0.3) is 0 Å². The number of Topliss-reactive ketones (excluding diaryl/α,β-unsaturated/α-hetero) is 1. The van der Waals surface area contributed by atoms with Crippen LogP contribution < -0.4 is 0 Å². The number of carbonyl (C=O) groups excluding carboxylic acids is 1. The van der Waals surface area contributed by atoms with Crippen molar-refractivity contribution in [3.63, 3.8) is 0 Å². The largest absolute Gasteiger partial charge is 0.392 e. The molecule has 7 nitrogen and oxygen atoms in total. The smallest absolute Gasteiger partial charge is 0.192 e. The van der Waals surface area contributed by atoms with Gasteiger partial charge < -0.3 is 28.8 Å². The Morgan fingerprint density at radius 3 is 1.95 bits per heavy atom. The molecule has 0 aliphatic carbocycles. The number of aliphatic hydroxyl groups excluding tert-OH is 1. The van der Waals surface area contributed by atoms with E-state index >= 15 is 0 Å². The van der Waals surface area contributed by atoms with Gasteiger partial charge in [0.2, 0.25) is 0 Å². The topological polar surface area (TPSA) is 83.5 Å². The molecule has 0 amide bonds. The Bertz CT molecular complexity index is 1130. The molecule has 7 heteroatoms. The van der Waals surface area contributed by atoms with E-state index in [2.05, 4.69) is 6.92 Å². The minimum atomic E-state index is -1.09. The van der Waals surface area contributed by atoms with Crippen molar-refractivity contribution in [3.05, 3.63) is 71.8 Å². The van der Waals surface area contributed by atoms with Crippen LogP contribution in [0.3, 0.4) is 0 Å². The van der Waals surface area contributed by atoms with Crippen LogP contribution in [0.5, 0.6) is 0 Å². The lowest BCUT2D eigenvalue weighted by Crippen LogP contribution is -2.55. The van der Waals surface area contributed by atoms with Crippen LogP contribution in [-0.4, -0.2) is 59.9 Å². The van der Waals surface area contributed by atoms with Crippen LogP contribution in [-0.2, 0) is 41.7 Å². The summed E-state index contributed by atoms with van der Waals surface area (Å²) in [4.78, 5) is 13.8. The van der Waals surface area contributed by atoms with E-state index in [1.165, 1.54) is 0 Å². The molecule has 3 saturated heterocycles. The second-order valence-electron chi connectivity index (χ2n) is 11.9. The Morgan fingerprint density at radius 2 is 1.41 bits per heavy atom. The second-order valence-corrected chi connectivity index (χ2v) is 11.9. The predicted molar refractivity (Wildman–Crippen MR) is 146 cm³/mol. The van der Waals surface area contributed by atoms with Crippen LogP contribution in [0.4, 0.5) is 0 Å². The van der Waals surface area contributed by atoms with Crippen molar-refractivity contribution in [1.29, 1.82) is 0 Å².